The molecule has 0 radical (unpaired) electrons. The first-order valence-electron chi connectivity index (χ1n) is 4.80. The lowest BCUT2D eigenvalue weighted by molar-refractivity contribution is 0.588. The van der Waals surface area contributed by atoms with E-state index >= 15 is 0 Å². The third kappa shape index (κ3) is 2.00. The number of nitrogens with one attached hydrogen (secondary N) is 1. The number of rotatable bonds is 2. The Morgan fingerprint density at radius 2 is 2.31 bits per heavy atom. The van der Waals surface area contributed by atoms with Crippen LogP contribution >= 0.6 is 11.3 Å². The van der Waals surface area contributed by atoms with Crippen molar-refractivity contribution in [1.82, 2.24) is 10.3 Å². The van der Waals surface area contributed by atoms with Crippen LogP contribution in [-0.2, 0) is 6.42 Å². The van der Waals surface area contributed by atoms with E-state index in [1.165, 1.54) is 10.8 Å². The number of thiazole rings is 1. The fraction of sp³-hybridized carbons (Fsp3) is 0.667. The molecule has 1 fully saturated rings. The van der Waals surface area contributed by atoms with Crippen LogP contribution in [0.25, 0.3) is 0 Å². The Morgan fingerprint density at radius 3 is 2.92 bits per heavy atom. The van der Waals surface area contributed by atoms with Crippen LogP contribution in [-0.4, -0.2) is 31.2 Å². The van der Waals surface area contributed by atoms with Crippen LogP contribution < -0.4 is 10.2 Å². The molecule has 1 aliphatic heterocycles. The molecule has 2 heterocycles. The maximum atomic E-state index is 4.57. The molecule has 0 amide bonds. The second-order valence-corrected chi connectivity index (χ2v) is 4.05. The van der Waals surface area contributed by atoms with E-state index in [0.29, 0.717) is 0 Å². The molecule has 1 N–H and O–H groups in total. The smallest absolute Gasteiger partial charge is 0.185 e. The quantitative estimate of drug-likeness (QED) is 0.770. The molecule has 0 aromatic carbocycles. The molecule has 3 nitrogen and oxygen atoms in total. The van der Waals surface area contributed by atoms with Crippen molar-refractivity contribution >= 4 is 16.5 Å². The van der Waals surface area contributed by atoms with Crippen LogP contribution in [0, 0.1) is 0 Å². The van der Waals surface area contributed by atoms with E-state index in [2.05, 4.69) is 27.5 Å². The Kier molecular flexibility index (Phi) is 2.80. The van der Waals surface area contributed by atoms with E-state index in [1.807, 2.05) is 0 Å². The zero-order valence-electron chi connectivity index (χ0n) is 7.92. The summed E-state index contributed by atoms with van der Waals surface area (Å²) in [5.41, 5.74) is 1.22. The van der Waals surface area contributed by atoms with Crippen molar-refractivity contribution in [3.63, 3.8) is 0 Å². The predicted molar refractivity (Wildman–Crippen MR) is 56.6 cm³/mol. The highest BCUT2D eigenvalue weighted by Crippen LogP contribution is 2.20. The van der Waals surface area contributed by atoms with Gasteiger partial charge in [0.1, 0.15) is 0 Å². The van der Waals surface area contributed by atoms with Gasteiger partial charge in [-0.05, 0) is 6.42 Å². The van der Waals surface area contributed by atoms with Crippen molar-refractivity contribution in [1.29, 1.82) is 0 Å². The third-order valence-corrected chi connectivity index (χ3v) is 3.24. The number of aromatic nitrogens is 1. The lowest BCUT2D eigenvalue weighted by Gasteiger charge is -2.26. The van der Waals surface area contributed by atoms with Gasteiger partial charge in [-0.3, -0.25) is 0 Å². The first-order chi connectivity index (χ1) is 6.40. The maximum absolute atomic E-state index is 4.57. The van der Waals surface area contributed by atoms with E-state index in [0.717, 1.165) is 32.6 Å². The van der Waals surface area contributed by atoms with Crippen LogP contribution in [0.5, 0.6) is 0 Å². The van der Waals surface area contributed by atoms with Crippen molar-refractivity contribution < 1.29 is 0 Å². The van der Waals surface area contributed by atoms with Gasteiger partial charge in [-0.15, -0.1) is 11.3 Å². The van der Waals surface area contributed by atoms with Crippen LogP contribution in [0.4, 0.5) is 5.13 Å². The summed E-state index contributed by atoms with van der Waals surface area (Å²) in [6, 6.07) is 0. The topological polar surface area (TPSA) is 28.2 Å². The van der Waals surface area contributed by atoms with Gasteiger partial charge in [-0.2, -0.15) is 0 Å². The molecule has 0 aliphatic carbocycles. The molecule has 13 heavy (non-hydrogen) atoms. The molecule has 2 rings (SSSR count). The minimum Gasteiger partial charge on any atom is -0.346 e. The van der Waals surface area contributed by atoms with Gasteiger partial charge in [0.15, 0.2) is 5.13 Å². The second kappa shape index (κ2) is 4.07. The van der Waals surface area contributed by atoms with Crippen molar-refractivity contribution in [2.24, 2.45) is 0 Å². The average Bonchev–Trinajstić information content (AvgIpc) is 2.67. The Labute approximate surface area is 82.8 Å². The van der Waals surface area contributed by atoms with Crippen molar-refractivity contribution in [3.05, 3.63) is 11.1 Å². The van der Waals surface area contributed by atoms with Gasteiger partial charge in [-0.1, -0.05) is 6.92 Å². The summed E-state index contributed by atoms with van der Waals surface area (Å²) in [6.45, 7) is 6.51. The van der Waals surface area contributed by atoms with Gasteiger partial charge in [0.2, 0.25) is 0 Å². The van der Waals surface area contributed by atoms with Gasteiger partial charge < -0.3 is 10.2 Å². The summed E-state index contributed by atoms with van der Waals surface area (Å²) in [7, 11) is 0. The molecule has 1 saturated heterocycles. The van der Waals surface area contributed by atoms with Gasteiger partial charge in [0.05, 0.1) is 5.69 Å². The number of hydrogen-bond donors (Lipinski definition) is 1. The number of hydrogen-bond acceptors (Lipinski definition) is 4. The van der Waals surface area contributed by atoms with E-state index in [9.17, 15) is 0 Å². The number of anilines is 1. The van der Waals surface area contributed by atoms with Gasteiger partial charge in [-0.25, -0.2) is 4.98 Å². The molecule has 0 bridgehead atoms. The first kappa shape index (κ1) is 8.97. The van der Waals surface area contributed by atoms with Gasteiger partial charge in [0.25, 0.3) is 0 Å². The highest BCUT2D eigenvalue weighted by atomic mass is 32.1. The summed E-state index contributed by atoms with van der Waals surface area (Å²) in [6.07, 6.45) is 1.04. The molecule has 4 heteroatoms. The number of piperazine rings is 1. The molecule has 72 valence electrons. The number of nitrogens with zero attached hydrogens (tertiary/aromatic N) is 2. The maximum Gasteiger partial charge on any atom is 0.185 e. The largest absolute Gasteiger partial charge is 0.346 e. The summed E-state index contributed by atoms with van der Waals surface area (Å²) in [4.78, 5) is 6.93. The van der Waals surface area contributed by atoms with Crippen LogP contribution in [0.2, 0.25) is 0 Å². The van der Waals surface area contributed by atoms with E-state index in [-0.39, 0.29) is 0 Å². The SMILES string of the molecule is CCc1csc(N2CCNCC2)n1. The molecular weight excluding hydrogens is 182 g/mol. The summed E-state index contributed by atoms with van der Waals surface area (Å²) in [5.74, 6) is 0. The van der Waals surface area contributed by atoms with Crippen molar-refractivity contribution in [3.8, 4) is 0 Å². The molecule has 1 aliphatic rings. The third-order valence-electron chi connectivity index (χ3n) is 2.29. The van der Waals surface area contributed by atoms with Crippen LogP contribution in [0.15, 0.2) is 5.38 Å². The van der Waals surface area contributed by atoms with E-state index < -0.39 is 0 Å². The van der Waals surface area contributed by atoms with Gasteiger partial charge in [0, 0.05) is 31.6 Å². The molecular formula is C9H15N3S. The minimum atomic E-state index is 1.04. The average molecular weight is 197 g/mol. The highest BCUT2D eigenvalue weighted by Gasteiger charge is 2.12. The summed E-state index contributed by atoms with van der Waals surface area (Å²) < 4.78 is 0. The molecule has 1 aromatic heterocycles. The lowest BCUT2D eigenvalue weighted by Crippen LogP contribution is -2.43. The second-order valence-electron chi connectivity index (χ2n) is 3.21. The first-order valence-corrected chi connectivity index (χ1v) is 5.68. The fourth-order valence-corrected chi connectivity index (χ4v) is 2.42. The Bertz CT molecular complexity index is 266. The standard InChI is InChI=1S/C9H15N3S/c1-2-8-7-13-9(11-8)12-5-3-10-4-6-12/h7,10H,2-6H2,1H3. The van der Waals surface area contributed by atoms with Crippen molar-refractivity contribution in [2.45, 2.75) is 13.3 Å². The molecule has 1 aromatic rings. The zero-order valence-corrected chi connectivity index (χ0v) is 8.73. The minimum absolute atomic E-state index is 1.04. The Hall–Kier alpha value is -0.610. The van der Waals surface area contributed by atoms with Crippen molar-refractivity contribution in [2.75, 3.05) is 31.1 Å². The molecule has 0 atom stereocenters. The Balaban J connectivity index is 2.05. The number of aryl methyl sites for hydroxylation is 1. The fourth-order valence-electron chi connectivity index (χ4n) is 1.46. The highest BCUT2D eigenvalue weighted by molar-refractivity contribution is 7.13. The monoisotopic (exact) mass is 197 g/mol. The zero-order chi connectivity index (χ0) is 9.10. The lowest BCUT2D eigenvalue weighted by atomic mass is 10.4. The van der Waals surface area contributed by atoms with E-state index in [4.69, 9.17) is 0 Å². The molecule has 0 saturated carbocycles. The summed E-state index contributed by atoms with van der Waals surface area (Å²) in [5, 5.41) is 6.70. The molecule has 0 spiro atoms. The normalized spacial score (nSPS) is 17.8. The van der Waals surface area contributed by atoms with E-state index in [1.54, 1.807) is 11.3 Å². The van der Waals surface area contributed by atoms with Crippen LogP contribution in [0.3, 0.4) is 0 Å². The Morgan fingerprint density at radius 1 is 1.54 bits per heavy atom. The van der Waals surface area contributed by atoms with Crippen LogP contribution in [0.1, 0.15) is 12.6 Å². The predicted octanol–water partition coefficient (Wildman–Crippen LogP) is 1.12. The summed E-state index contributed by atoms with van der Waals surface area (Å²) >= 11 is 1.77. The van der Waals surface area contributed by atoms with Gasteiger partial charge >= 0.3 is 0 Å². The molecule has 0 unspecified atom stereocenters.